The van der Waals surface area contributed by atoms with Crippen LogP contribution in [0.3, 0.4) is 0 Å². The molecule has 3 aromatic heterocycles. The zero-order chi connectivity index (χ0) is 29.5. The first kappa shape index (κ1) is 25.1. The summed E-state index contributed by atoms with van der Waals surface area (Å²) in [6.45, 7) is 0. The molecule has 0 aliphatic heterocycles. The molecule has 0 N–H and O–H groups in total. The van der Waals surface area contributed by atoms with Crippen LogP contribution < -0.4 is 0 Å². The van der Waals surface area contributed by atoms with Gasteiger partial charge in [0.2, 0.25) is 0 Å². The molecule has 0 aliphatic rings. The van der Waals surface area contributed by atoms with Gasteiger partial charge in [-0.15, -0.1) is 22.7 Å². The summed E-state index contributed by atoms with van der Waals surface area (Å²) in [5.74, 6) is 0. The second kappa shape index (κ2) is 9.60. The van der Waals surface area contributed by atoms with E-state index in [2.05, 4.69) is 150 Å². The molecular weight excluding hydrogens is 585 g/mol. The summed E-state index contributed by atoms with van der Waals surface area (Å²) in [6, 6.07) is 52.9. The minimum atomic E-state index is 1.05. The van der Waals surface area contributed by atoms with E-state index in [0.717, 1.165) is 16.1 Å². The van der Waals surface area contributed by atoms with Crippen LogP contribution in [0.15, 0.2) is 146 Å². The van der Waals surface area contributed by atoms with Crippen LogP contribution in [0.4, 0.5) is 0 Å². The van der Waals surface area contributed by atoms with Crippen LogP contribution in [0, 0.1) is 0 Å². The average molecular weight is 609 g/mol. The highest BCUT2D eigenvalue weighted by Crippen LogP contribution is 2.43. The number of fused-ring (bicyclic) bond motifs is 9. The number of thiophene rings is 1. The normalized spacial score (nSPS) is 12.0. The third kappa shape index (κ3) is 3.83. The van der Waals surface area contributed by atoms with Crippen LogP contribution >= 0.6 is 22.7 Å². The molecule has 0 spiro atoms. The quantitative estimate of drug-likeness (QED) is 0.195. The van der Waals surface area contributed by atoms with E-state index in [0.29, 0.717) is 0 Å². The second-order valence-electron chi connectivity index (χ2n) is 11.6. The number of rotatable bonds is 3. The van der Waals surface area contributed by atoms with Crippen molar-refractivity contribution in [2.24, 2.45) is 0 Å². The fraction of sp³-hybridized carbons (Fsp3) is 0. The van der Waals surface area contributed by atoms with Gasteiger partial charge in [0.05, 0.1) is 21.3 Å². The van der Waals surface area contributed by atoms with Crippen LogP contribution in [0.1, 0.15) is 0 Å². The predicted octanol–water partition coefficient (Wildman–Crippen LogP) is 12.2. The molecule has 2 nitrogen and oxygen atoms in total. The second-order valence-corrected chi connectivity index (χ2v) is 13.7. The molecule has 0 saturated carbocycles. The Morgan fingerprint density at radius 1 is 0.444 bits per heavy atom. The molecule has 0 amide bonds. The number of nitrogens with zero attached hydrogens (tertiary/aromatic N) is 2. The van der Waals surface area contributed by atoms with Crippen molar-refractivity contribution in [2.45, 2.75) is 0 Å². The van der Waals surface area contributed by atoms with Crippen molar-refractivity contribution in [3.05, 3.63) is 146 Å². The third-order valence-electron chi connectivity index (χ3n) is 9.01. The summed E-state index contributed by atoms with van der Waals surface area (Å²) in [6.07, 6.45) is 0. The smallest absolute Gasteiger partial charge is 0.124 e. The number of thiazole rings is 1. The Hall–Kier alpha value is -5.29. The summed E-state index contributed by atoms with van der Waals surface area (Å²) in [5.41, 5.74) is 8.30. The van der Waals surface area contributed by atoms with E-state index >= 15 is 0 Å². The van der Waals surface area contributed by atoms with E-state index in [9.17, 15) is 0 Å². The maximum absolute atomic E-state index is 5.36. The Morgan fingerprint density at radius 2 is 1.16 bits per heavy atom. The number of hydrogen-bond donors (Lipinski definition) is 0. The van der Waals surface area contributed by atoms with E-state index in [1.54, 1.807) is 11.3 Å². The fourth-order valence-corrected chi connectivity index (χ4v) is 8.94. The van der Waals surface area contributed by atoms with Gasteiger partial charge in [-0.25, -0.2) is 4.98 Å². The van der Waals surface area contributed by atoms with Gasteiger partial charge in [-0.2, -0.15) is 0 Å². The highest BCUT2D eigenvalue weighted by molar-refractivity contribution is 7.26. The Kier molecular flexibility index (Phi) is 5.35. The van der Waals surface area contributed by atoms with Gasteiger partial charge in [0.15, 0.2) is 0 Å². The molecule has 4 heteroatoms. The molecule has 0 unspecified atom stereocenters. The fourth-order valence-electron chi connectivity index (χ4n) is 6.88. The number of para-hydroxylation sites is 2. The monoisotopic (exact) mass is 608 g/mol. The lowest BCUT2D eigenvalue weighted by Crippen LogP contribution is -1.93. The molecule has 0 radical (unpaired) electrons. The first-order valence-corrected chi connectivity index (χ1v) is 16.8. The molecule has 3 heterocycles. The topological polar surface area (TPSA) is 17.8 Å². The summed E-state index contributed by atoms with van der Waals surface area (Å²) < 4.78 is 6.17. The van der Waals surface area contributed by atoms with Crippen molar-refractivity contribution in [1.82, 2.24) is 9.55 Å². The molecule has 0 fully saturated rings. The molecule has 210 valence electrons. The Bertz CT molecular complexity index is 2760. The number of hydrogen-bond acceptors (Lipinski definition) is 3. The minimum Gasteiger partial charge on any atom is -0.309 e. The molecule has 0 atom stereocenters. The number of benzene rings is 7. The van der Waals surface area contributed by atoms with Gasteiger partial charge in [-0.1, -0.05) is 91.0 Å². The van der Waals surface area contributed by atoms with Crippen LogP contribution in [0.5, 0.6) is 0 Å². The third-order valence-corrected chi connectivity index (χ3v) is 11.2. The van der Waals surface area contributed by atoms with E-state index in [-0.39, 0.29) is 0 Å². The molecular formula is C41H24N2S2. The van der Waals surface area contributed by atoms with E-state index in [1.807, 2.05) is 11.3 Å². The molecule has 0 aliphatic carbocycles. The lowest BCUT2D eigenvalue weighted by atomic mass is 9.99. The Morgan fingerprint density at radius 3 is 2.09 bits per heavy atom. The SMILES string of the molecule is c1ccc(-n2c3ccccc3c3ccc(-c4nc5c(ccc6sc7ccc(-c8ccc9ccccc9c8)cc7c65)s4)cc32)cc1. The van der Waals surface area contributed by atoms with Crippen molar-refractivity contribution in [2.75, 3.05) is 0 Å². The summed E-state index contributed by atoms with van der Waals surface area (Å²) in [4.78, 5) is 5.36. The largest absolute Gasteiger partial charge is 0.309 e. The molecule has 10 rings (SSSR count). The lowest BCUT2D eigenvalue weighted by molar-refractivity contribution is 1.18. The zero-order valence-corrected chi connectivity index (χ0v) is 25.7. The van der Waals surface area contributed by atoms with E-state index in [4.69, 9.17) is 4.98 Å². The highest BCUT2D eigenvalue weighted by atomic mass is 32.1. The Balaban J connectivity index is 1.16. The first-order chi connectivity index (χ1) is 22.3. The van der Waals surface area contributed by atoms with Crippen molar-refractivity contribution in [3.8, 4) is 27.4 Å². The molecule has 0 bridgehead atoms. The Labute approximate surface area is 267 Å². The van der Waals surface area contributed by atoms with Gasteiger partial charge < -0.3 is 4.57 Å². The number of aromatic nitrogens is 2. The predicted molar refractivity (Wildman–Crippen MR) is 195 cm³/mol. The van der Waals surface area contributed by atoms with Gasteiger partial charge in [-0.05, 0) is 76.5 Å². The molecule has 45 heavy (non-hydrogen) atoms. The van der Waals surface area contributed by atoms with E-state index in [1.165, 1.54) is 74.3 Å². The summed E-state index contributed by atoms with van der Waals surface area (Å²) in [7, 11) is 0. The molecule has 10 aromatic rings. The molecule has 0 saturated heterocycles. The first-order valence-electron chi connectivity index (χ1n) is 15.1. The van der Waals surface area contributed by atoms with Gasteiger partial charge in [0, 0.05) is 42.2 Å². The van der Waals surface area contributed by atoms with Crippen LogP contribution in [0.25, 0.3) is 90.4 Å². The van der Waals surface area contributed by atoms with E-state index < -0.39 is 0 Å². The van der Waals surface area contributed by atoms with Crippen molar-refractivity contribution in [1.29, 1.82) is 0 Å². The van der Waals surface area contributed by atoms with Gasteiger partial charge in [0.1, 0.15) is 5.01 Å². The summed E-state index contributed by atoms with van der Waals surface area (Å²) >= 11 is 3.63. The van der Waals surface area contributed by atoms with Gasteiger partial charge in [-0.3, -0.25) is 0 Å². The minimum absolute atomic E-state index is 1.05. The lowest BCUT2D eigenvalue weighted by Gasteiger charge is -2.08. The van der Waals surface area contributed by atoms with Crippen LogP contribution in [0.2, 0.25) is 0 Å². The average Bonchev–Trinajstić information content (AvgIpc) is 3.79. The maximum atomic E-state index is 5.36. The van der Waals surface area contributed by atoms with Crippen molar-refractivity contribution in [3.63, 3.8) is 0 Å². The maximum Gasteiger partial charge on any atom is 0.124 e. The van der Waals surface area contributed by atoms with Crippen LogP contribution in [-0.2, 0) is 0 Å². The van der Waals surface area contributed by atoms with Gasteiger partial charge in [0.25, 0.3) is 0 Å². The summed E-state index contributed by atoms with van der Waals surface area (Å²) in [5, 5.41) is 8.64. The van der Waals surface area contributed by atoms with Crippen molar-refractivity contribution < 1.29 is 0 Å². The zero-order valence-electron chi connectivity index (χ0n) is 24.1. The van der Waals surface area contributed by atoms with Crippen LogP contribution in [-0.4, -0.2) is 9.55 Å². The van der Waals surface area contributed by atoms with Gasteiger partial charge >= 0.3 is 0 Å². The van der Waals surface area contributed by atoms with Crippen molar-refractivity contribution >= 4 is 85.6 Å². The molecule has 7 aromatic carbocycles. The highest BCUT2D eigenvalue weighted by Gasteiger charge is 2.17. The standard InChI is InChI=1S/C41H24N2S2/c1-2-10-30(11-3-1)43-34-13-7-6-12-31(34)32-18-16-29(24-35(32)43)41-42-40-38(45-41)21-20-37-39(40)33-23-28(17-19-36(33)44-37)27-15-14-25-8-4-5-9-26(25)22-27/h1-24H.